The lowest BCUT2D eigenvalue weighted by atomic mass is 10.4. The van der Waals surface area contributed by atoms with Gasteiger partial charge in [0.05, 0.1) is 11.2 Å². The van der Waals surface area contributed by atoms with Crippen LogP contribution >= 0.6 is 11.6 Å². The van der Waals surface area contributed by atoms with Crippen molar-refractivity contribution in [2.45, 2.75) is 20.4 Å². The van der Waals surface area contributed by atoms with Crippen LogP contribution < -0.4 is 11.0 Å². The number of aryl methyl sites for hydroxylation is 2. The van der Waals surface area contributed by atoms with Crippen LogP contribution in [0.4, 0.5) is 5.69 Å². The van der Waals surface area contributed by atoms with E-state index in [9.17, 15) is 4.79 Å². The van der Waals surface area contributed by atoms with Crippen LogP contribution in [0.5, 0.6) is 0 Å². The van der Waals surface area contributed by atoms with Gasteiger partial charge in [-0.3, -0.25) is 14.9 Å². The predicted octanol–water partition coefficient (Wildman–Crippen LogP) is 1.82. The van der Waals surface area contributed by atoms with Gasteiger partial charge in [-0.25, -0.2) is 4.68 Å². The van der Waals surface area contributed by atoms with Crippen molar-refractivity contribution >= 4 is 17.3 Å². The van der Waals surface area contributed by atoms with Crippen LogP contribution in [0.25, 0.3) is 0 Å². The smallest absolute Gasteiger partial charge is 0.288 e. The first-order chi connectivity index (χ1) is 9.04. The summed E-state index contributed by atoms with van der Waals surface area (Å²) in [5.41, 5.74) is 4.84. The number of nitrogens with one attached hydrogen (secondary N) is 1. The highest BCUT2D eigenvalue weighted by Crippen LogP contribution is 2.17. The van der Waals surface area contributed by atoms with E-state index < -0.39 is 0 Å². The second kappa shape index (κ2) is 5.21. The molecule has 2 aromatic heterocycles. The van der Waals surface area contributed by atoms with Gasteiger partial charge in [-0.1, -0.05) is 17.5 Å². The van der Waals surface area contributed by atoms with Crippen molar-refractivity contribution in [1.29, 1.82) is 0 Å². The number of hydrogen-bond acceptors (Lipinski definition) is 3. The summed E-state index contributed by atoms with van der Waals surface area (Å²) in [6.07, 6.45) is 6.59. The van der Waals surface area contributed by atoms with Crippen LogP contribution in [0, 0.1) is 26.2 Å². The molecule has 6 heteroatoms. The van der Waals surface area contributed by atoms with E-state index in [0.717, 1.165) is 11.4 Å². The molecule has 0 aromatic carbocycles. The SMILES string of the molecule is C#CCn1ncc(Cl)c(Nn2c(C)ccc2C)c1=O. The lowest BCUT2D eigenvalue weighted by Crippen LogP contribution is -2.28. The minimum atomic E-state index is -0.349. The Balaban J connectivity index is 2.49. The summed E-state index contributed by atoms with van der Waals surface area (Å²) in [6, 6.07) is 3.88. The molecule has 1 N–H and O–H groups in total. The molecule has 0 spiro atoms. The second-order valence-corrected chi connectivity index (χ2v) is 4.50. The Morgan fingerprint density at radius 3 is 2.63 bits per heavy atom. The van der Waals surface area contributed by atoms with Gasteiger partial charge < -0.3 is 0 Å². The Hall–Kier alpha value is -2.19. The van der Waals surface area contributed by atoms with E-state index in [0.29, 0.717) is 0 Å². The summed E-state index contributed by atoms with van der Waals surface area (Å²) in [5.74, 6) is 2.38. The van der Waals surface area contributed by atoms with Crippen molar-refractivity contribution in [3.05, 3.63) is 45.1 Å². The molecule has 0 fully saturated rings. The van der Waals surface area contributed by atoms with Gasteiger partial charge in [0.1, 0.15) is 12.2 Å². The third-order valence-corrected chi connectivity index (χ3v) is 3.02. The zero-order valence-electron chi connectivity index (χ0n) is 10.6. The lowest BCUT2D eigenvalue weighted by molar-refractivity contribution is 0.662. The first-order valence-corrected chi connectivity index (χ1v) is 6.03. The van der Waals surface area contributed by atoms with Crippen LogP contribution in [-0.2, 0) is 6.54 Å². The molecule has 0 radical (unpaired) electrons. The highest BCUT2D eigenvalue weighted by molar-refractivity contribution is 6.32. The molecule has 0 aliphatic rings. The van der Waals surface area contributed by atoms with E-state index in [1.807, 2.05) is 26.0 Å². The Bertz CT molecular complexity index is 689. The molecule has 5 nitrogen and oxygen atoms in total. The lowest BCUT2D eigenvalue weighted by Gasteiger charge is -2.13. The molecule has 98 valence electrons. The van der Waals surface area contributed by atoms with Crippen LogP contribution in [0.2, 0.25) is 5.02 Å². The van der Waals surface area contributed by atoms with Crippen molar-refractivity contribution < 1.29 is 0 Å². The fourth-order valence-corrected chi connectivity index (χ4v) is 1.89. The molecule has 0 bridgehead atoms. The Labute approximate surface area is 115 Å². The molecule has 0 aliphatic carbocycles. The van der Waals surface area contributed by atoms with Crippen molar-refractivity contribution in [3.63, 3.8) is 0 Å². The first kappa shape index (κ1) is 13.2. The van der Waals surface area contributed by atoms with Gasteiger partial charge >= 0.3 is 0 Å². The highest BCUT2D eigenvalue weighted by atomic mass is 35.5. The van der Waals surface area contributed by atoms with E-state index in [1.54, 1.807) is 4.68 Å². The maximum atomic E-state index is 12.2. The van der Waals surface area contributed by atoms with E-state index in [4.69, 9.17) is 18.0 Å². The van der Waals surface area contributed by atoms with E-state index in [1.165, 1.54) is 10.9 Å². The summed E-state index contributed by atoms with van der Waals surface area (Å²) >= 11 is 6.02. The van der Waals surface area contributed by atoms with Gasteiger partial charge in [-0.15, -0.1) is 6.42 Å². The monoisotopic (exact) mass is 276 g/mol. The number of hydrogen-bond donors (Lipinski definition) is 1. The average molecular weight is 277 g/mol. The number of terminal acetylenes is 1. The van der Waals surface area contributed by atoms with E-state index in [2.05, 4.69) is 16.4 Å². The first-order valence-electron chi connectivity index (χ1n) is 5.65. The third kappa shape index (κ3) is 2.49. The second-order valence-electron chi connectivity index (χ2n) is 4.10. The normalized spacial score (nSPS) is 10.2. The fourth-order valence-electron chi connectivity index (χ4n) is 1.73. The maximum absolute atomic E-state index is 12.2. The Morgan fingerprint density at radius 1 is 1.42 bits per heavy atom. The maximum Gasteiger partial charge on any atom is 0.294 e. The molecular formula is C13H13ClN4O. The minimum Gasteiger partial charge on any atom is -0.288 e. The largest absolute Gasteiger partial charge is 0.294 e. The zero-order valence-corrected chi connectivity index (χ0v) is 11.4. The molecule has 19 heavy (non-hydrogen) atoms. The van der Waals surface area contributed by atoms with Crippen molar-refractivity contribution in [2.24, 2.45) is 0 Å². The van der Waals surface area contributed by atoms with E-state index in [-0.39, 0.29) is 22.8 Å². The van der Waals surface area contributed by atoms with Gasteiger partial charge in [0.25, 0.3) is 5.56 Å². The van der Waals surface area contributed by atoms with Crippen LogP contribution in [0.15, 0.2) is 23.1 Å². The van der Waals surface area contributed by atoms with Crippen molar-refractivity contribution in [1.82, 2.24) is 14.5 Å². The molecule has 2 aromatic rings. The minimum absolute atomic E-state index is 0.105. The van der Waals surface area contributed by atoms with Gasteiger partial charge in [0.2, 0.25) is 0 Å². The Kier molecular flexibility index (Phi) is 3.63. The molecule has 0 unspecified atom stereocenters. The molecule has 0 atom stereocenters. The quantitative estimate of drug-likeness (QED) is 0.870. The average Bonchev–Trinajstić information content (AvgIpc) is 2.69. The summed E-state index contributed by atoms with van der Waals surface area (Å²) in [4.78, 5) is 12.2. The fraction of sp³-hybridized carbons (Fsp3) is 0.231. The number of aromatic nitrogens is 3. The van der Waals surface area contributed by atoms with Crippen LogP contribution in [0.1, 0.15) is 11.4 Å². The summed E-state index contributed by atoms with van der Waals surface area (Å²) in [6.45, 7) is 3.96. The van der Waals surface area contributed by atoms with E-state index >= 15 is 0 Å². The number of anilines is 1. The van der Waals surface area contributed by atoms with Gasteiger partial charge in [0.15, 0.2) is 0 Å². The van der Waals surface area contributed by atoms with Crippen LogP contribution in [0.3, 0.4) is 0 Å². The third-order valence-electron chi connectivity index (χ3n) is 2.73. The molecule has 0 saturated carbocycles. The summed E-state index contributed by atoms with van der Waals surface area (Å²) < 4.78 is 2.96. The van der Waals surface area contributed by atoms with Gasteiger partial charge in [-0.2, -0.15) is 5.10 Å². The number of nitrogens with zero attached hydrogens (tertiary/aromatic N) is 3. The van der Waals surface area contributed by atoms with Crippen molar-refractivity contribution in [3.8, 4) is 12.3 Å². The van der Waals surface area contributed by atoms with Gasteiger partial charge in [0, 0.05) is 11.4 Å². The Morgan fingerprint density at radius 2 is 2.05 bits per heavy atom. The molecular weight excluding hydrogens is 264 g/mol. The molecule has 0 aliphatic heterocycles. The molecule has 0 amide bonds. The topological polar surface area (TPSA) is 51.9 Å². The molecule has 2 rings (SSSR count). The molecule has 2 heterocycles. The summed E-state index contributed by atoms with van der Waals surface area (Å²) in [5, 5.41) is 4.14. The standard InChI is InChI=1S/C13H13ClN4O/c1-4-7-17-13(19)12(11(14)8-15-17)16-18-9(2)5-6-10(18)3/h1,5-6,8,16H,7H2,2-3H3. The zero-order chi connectivity index (χ0) is 14.0. The summed E-state index contributed by atoms with van der Waals surface area (Å²) in [7, 11) is 0. The van der Waals surface area contributed by atoms with Crippen LogP contribution in [-0.4, -0.2) is 14.5 Å². The predicted molar refractivity (Wildman–Crippen MR) is 75.3 cm³/mol. The van der Waals surface area contributed by atoms with Crippen molar-refractivity contribution in [2.75, 3.05) is 5.43 Å². The highest BCUT2D eigenvalue weighted by Gasteiger charge is 2.11. The number of rotatable bonds is 3. The number of halogens is 1. The molecule has 0 saturated heterocycles. The van der Waals surface area contributed by atoms with Gasteiger partial charge in [-0.05, 0) is 26.0 Å².